The standard InChI is InChI=1S/C11H13BrN4O/c1-17-10-9(12)7-14-11(15-10)16(6-2-5-13)8-3-4-8/h7-8H,2-4,6H2,1H3. The second-order valence-corrected chi connectivity index (χ2v) is 4.71. The summed E-state index contributed by atoms with van der Waals surface area (Å²) in [6.07, 6.45) is 4.46. The third-order valence-corrected chi connectivity index (χ3v) is 3.15. The molecule has 0 spiro atoms. The van der Waals surface area contributed by atoms with Gasteiger partial charge in [0.05, 0.1) is 30.3 Å². The first-order valence-corrected chi connectivity index (χ1v) is 6.25. The van der Waals surface area contributed by atoms with Crippen LogP contribution in [0.25, 0.3) is 0 Å². The maximum absolute atomic E-state index is 8.66. The summed E-state index contributed by atoms with van der Waals surface area (Å²) in [6, 6.07) is 2.63. The van der Waals surface area contributed by atoms with Crippen molar-refractivity contribution in [2.24, 2.45) is 0 Å². The van der Waals surface area contributed by atoms with Gasteiger partial charge in [-0.15, -0.1) is 0 Å². The number of nitriles is 1. The number of ether oxygens (including phenoxy) is 1. The molecule has 5 nitrogen and oxygen atoms in total. The number of nitrogens with zero attached hydrogens (tertiary/aromatic N) is 4. The molecule has 1 fully saturated rings. The fraction of sp³-hybridized carbons (Fsp3) is 0.545. The Morgan fingerprint density at radius 1 is 1.65 bits per heavy atom. The lowest BCUT2D eigenvalue weighted by atomic mass is 10.4. The summed E-state index contributed by atoms with van der Waals surface area (Å²) in [5, 5.41) is 8.66. The summed E-state index contributed by atoms with van der Waals surface area (Å²) < 4.78 is 5.89. The number of halogens is 1. The van der Waals surface area contributed by atoms with Gasteiger partial charge >= 0.3 is 0 Å². The van der Waals surface area contributed by atoms with E-state index >= 15 is 0 Å². The van der Waals surface area contributed by atoms with E-state index in [0.29, 0.717) is 30.8 Å². The summed E-state index contributed by atoms with van der Waals surface area (Å²) in [4.78, 5) is 10.7. The summed E-state index contributed by atoms with van der Waals surface area (Å²) in [7, 11) is 1.58. The molecule has 0 N–H and O–H groups in total. The van der Waals surface area contributed by atoms with Crippen LogP contribution in [0.1, 0.15) is 19.3 Å². The molecule has 17 heavy (non-hydrogen) atoms. The minimum absolute atomic E-state index is 0.481. The Hall–Kier alpha value is -1.35. The highest BCUT2D eigenvalue weighted by atomic mass is 79.9. The first kappa shape index (κ1) is 12.1. The molecule has 0 atom stereocenters. The smallest absolute Gasteiger partial charge is 0.232 e. The van der Waals surface area contributed by atoms with Crippen molar-refractivity contribution in [1.29, 1.82) is 5.26 Å². The molecule has 1 aromatic rings. The second-order valence-electron chi connectivity index (χ2n) is 3.86. The van der Waals surface area contributed by atoms with Gasteiger partial charge in [0.2, 0.25) is 11.8 Å². The minimum Gasteiger partial charge on any atom is -0.480 e. The number of hydrogen-bond donors (Lipinski definition) is 0. The van der Waals surface area contributed by atoms with Crippen LogP contribution in [0.4, 0.5) is 5.95 Å². The van der Waals surface area contributed by atoms with Crippen LogP contribution in [0.5, 0.6) is 5.88 Å². The molecule has 1 saturated carbocycles. The Morgan fingerprint density at radius 2 is 2.41 bits per heavy atom. The van der Waals surface area contributed by atoms with Crippen LogP contribution >= 0.6 is 15.9 Å². The van der Waals surface area contributed by atoms with Crippen molar-refractivity contribution in [3.8, 4) is 11.9 Å². The van der Waals surface area contributed by atoms with E-state index in [0.717, 1.165) is 17.3 Å². The number of hydrogen-bond acceptors (Lipinski definition) is 5. The fourth-order valence-corrected chi connectivity index (χ4v) is 1.98. The zero-order valence-electron chi connectivity index (χ0n) is 9.56. The predicted octanol–water partition coefficient (Wildman–Crippen LogP) is 2.13. The van der Waals surface area contributed by atoms with Crippen molar-refractivity contribution >= 4 is 21.9 Å². The lowest BCUT2D eigenvalue weighted by Crippen LogP contribution is -2.28. The quantitative estimate of drug-likeness (QED) is 0.833. The van der Waals surface area contributed by atoms with Crippen molar-refractivity contribution in [3.05, 3.63) is 10.7 Å². The van der Waals surface area contributed by atoms with Crippen LogP contribution < -0.4 is 9.64 Å². The molecule has 0 aliphatic heterocycles. The minimum atomic E-state index is 0.481. The molecule has 90 valence electrons. The average Bonchev–Trinajstić information content (AvgIpc) is 3.16. The maximum atomic E-state index is 8.66. The molecule has 0 radical (unpaired) electrons. The molecular formula is C11H13BrN4O. The van der Waals surface area contributed by atoms with Gasteiger partial charge in [-0.05, 0) is 28.8 Å². The SMILES string of the molecule is COc1nc(N(CCC#N)C2CC2)ncc1Br. The monoisotopic (exact) mass is 296 g/mol. The van der Waals surface area contributed by atoms with E-state index in [2.05, 4.69) is 36.9 Å². The van der Waals surface area contributed by atoms with E-state index in [-0.39, 0.29) is 0 Å². The Kier molecular flexibility index (Phi) is 3.79. The molecule has 0 aromatic carbocycles. The summed E-state index contributed by atoms with van der Waals surface area (Å²) in [5.74, 6) is 1.17. The normalized spacial score (nSPS) is 14.2. The molecule has 1 aromatic heterocycles. The van der Waals surface area contributed by atoms with E-state index in [1.807, 2.05) is 0 Å². The van der Waals surface area contributed by atoms with Crippen LogP contribution in [0.3, 0.4) is 0 Å². The van der Waals surface area contributed by atoms with Crippen molar-refractivity contribution in [2.45, 2.75) is 25.3 Å². The molecule has 6 heteroatoms. The van der Waals surface area contributed by atoms with Gasteiger partial charge in [-0.2, -0.15) is 10.2 Å². The molecule has 0 saturated heterocycles. The first-order valence-electron chi connectivity index (χ1n) is 5.46. The van der Waals surface area contributed by atoms with Crippen molar-refractivity contribution in [2.75, 3.05) is 18.6 Å². The van der Waals surface area contributed by atoms with Crippen LogP contribution in [-0.2, 0) is 0 Å². The molecule has 0 unspecified atom stereocenters. The van der Waals surface area contributed by atoms with Gasteiger partial charge in [0, 0.05) is 12.6 Å². The topological polar surface area (TPSA) is 62.0 Å². The van der Waals surface area contributed by atoms with Crippen molar-refractivity contribution in [3.63, 3.8) is 0 Å². The molecule has 0 amide bonds. The van der Waals surface area contributed by atoms with E-state index in [1.54, 1.807) is 13.3 Å². The van der Waals surface area contributed by atoms with E-state index in [1.165, 1.54) is 0 Å². The number of aromatic nitrogens is 2. The zero-order chi connectivity index (χ0) is 12.3. The maximum Gasteiger partial charge on any atom is 0.232 e. The summed E-state index contributed by atoms with van der Waals surface area (Å²) in [5.41, 5.74) is 0. The second kappa shape index (κ2) is 5.32. The molecule has 1 aliphatic rings. The number of rotatable bonds is 5. The Bertz CT molecular complexity index is 442. The highest BCUT2D eigenvalue weighted by Crippen LogP contribution is 2.31. The van der Waals surface area contributed by atoms with Gasteiger partial charge in [-0.25, -0.2) is 4.98 Å². The van der Waals surface area contributed by atoms with Crippen LogP contribution in [-0.4, -0.2) is 29.7 Å². The van der Waals surface area contributed by atoms with E-state index < -0.39 is 0 Å². The third-order valence-electron chi connectivity index (χ3n) is 2.60. The molecule has 1 heterocycles. The van der Waals surface area contributed by atoms with Crippen molar-refractivity contribution < 1.29 is 4.74 Å². The highest BCUT2D eigenvalue weighted by Gasteiger charge is 2.30. The molecule has 2 rings (SSSR count). The average molecular weight is 297 g/mol. The molecular weight excluding hydrogens is 284 g/mol. The van der Waals surface area contributed by atoms with Crippen LogP contribution in [0.15, 0.2) is 10.7 Å². The lowest BCUT2D eigenvalue weighted by Gasteiger charge is -2.21. The summed E-state index contributed by atoms with van der Waals surface area (Å²) in [6.45, 7) is 0.673. The van der Waals surface area contributed by atoms with E-state index in [4.69, 9.17) is 10.00 Å². The Balaban J connectivity index is 2.20. The van der Waals surface area contributed by atoms with Gasteiger partial charge in [-0.1, -0.05) is 0 Å². The first-order chi connectivity index (χ1) is 8.26. The zero-order valence-corrected chi connectivity index (χ0v) is 11.1. The van der Waals surface area contributed by atoms with Crippen molar-refractivity contribution in [1.82, 2.24) is 9.97 Å². The third kappa shape index (κ3) is 2.86. The summed E-state index contributed by atoms with van der Waals surface area (Å²) >= 11 is 3.32. The number of anilines is 1. The largest absolute Gasteiger partial charge is 0.480 e. The van der Waals surface area contributed by atoms with Crippen LogP contribution in [0.2, 0.25) is 0 Å². The molecule has 0 bridgehead atoms. The highest BCUT2D eigenvalue weighted by molar-refractivity contribution is 9.10. The van der Waals surface area contributed by atoms with Gasteiger partial charge < -0.3 is 9.64 Å². The Morgan fingerprint density at radius 3 is 3.00 bits per heavy atom. The van der Waals surface area contributed by atoms with Gasteiger partial charge in [0.15, 0.2) is 0 Å². The fourth-order valence-electron chi connectivity index (χ4n) is 1.63. The number of methoxy groups -OCH3 is 1. The van der Waals surface area contributed by atoms with Crippen LogP contribution in [0, 0.1) is 11.3 Å². The van der Waals surface area contributed by atoms with Gasteiger partial charge in [0.1, 0.15) is 0 Å². The lowest BCUT2D eigenvalue weighted by molar-refractivity contribution is 0.393. The van der Waals surface area contributed by atoms with E-state index in [9.17, 15) is 0 Å². The predicted molar refractivity (Wildman–Crippen MR) is 66.9 cm³/mol. The van der Waals surface area contributed by atoms with Gasteiger partial charge in [0.25, 0.3) is 0 Å². The van der Waals surface area contributed by atoms with Gasteiger partial charge in [-0.3, -0.25) is 0 Å². The Labute approximate surface area is 109 Å². The molecule has 1 aliphatic carbocycles.